The van der Waals surface area contributed by atoms with Gasteiger partial charge in [-0.3, -0.25) is 9.69 Å². The Kier molecular flexibility index (Phi) is 6.03. The van der Waals surface area contributed by atoms with Crippen LogP contribution in [0, 0.1) is 0 Å². The van der Waals surface area contributed by atoms with Crippen LogP contribution in [0.1, 0.15) is 5.56 Å². The lowest BCUT2D eigenvalue weighted by molar-refractivity contribution is -0.117. The van der Waals surface area contributed by atoms with Crippen LogP contribution >= 0.6 is 34.8 Å². The van der Waals surface area contributed by atoms with Gasteiger partial charge in [0, 0.05) is 22.8 Å². The highest BCUT2D eigenvalue weighted by Gasteiger charge is 2.10. The van der Waals surface area contributed by atoms with E-state index in [1.165, 1.54) is 0 Å². The van der Waals surface area contributed by atoms with Gasteiger partial charge in [0.2, 0.25) is 5.91 Å². The lowest BCUT2D eigenvalue weighted by atomic mass is 10.2. The van der Waals surface area contributed by atoms with E-state index in [2.05, 4.69) is 10.3 Å². The normalized spacial score (nSPS) is 10.8. The second kappa shape index (κ2) is 7.79. The maximum absolute atomic E-state index is 12.0. The molecule has 0 bridgehead atoms. The van der Waals surface area contributed by atoms with Crippen molar-refractivity contribution in [3.05, 3.63) is 57.3 Å². The third kappa shape index (κ3) is 5.14. The van der Waals surface area contributed by atoms with Gasteiger partial charge in [-0.25, -0.2) is 4.98 Å². The Hall–Kier alpha value is -1.33. The highest BCUT2D eigenvalue weighted by molar-refractivity contribution is 6.34. The Bertz CT molecular complexity index is 659. The molecule has 0 aliphatic heterocycles. The molecule has 0 saturated heterocycles. The van der Waals surface area contributed by atoms with Crippen molar-refractivity contribution >= 4 is 46.4 Å². The summed E-state index contributed by atoms with van der Waals surface area (Å²) in [6, 6.07) is 8.71. The number of carbonyl (C=O) groups is 1. The maximum Gasteiger partial charge on any atom is 0.238 e. The minimum absolute atomic E-state index is 0.175. The Morgan fingerprint density at radius 1 is 1.23 bits per heavy atom. The van der Waals surface area contributed by atoms with Gasteiger partial charge in [0.15, 0.2) is 5.15 Å². The largest absolute Gasteiger partial charge is 0.322 e. The highest BCUT2D eigenvalue weighted by Crippen LogP contribution is 2.20. The summed E-state index contributed by atoms with van der Waals surface area (Å²) in [6.07, 6.45) is 1.56. The molecule has 1 aromatic heterocycles. The van der Waals surface area contributed by atoms with Gasteiger partial charge in [0.25, 0.3) is 0 Å². The number of pyridine rings is 1. The van der Waals surface area contributed by atoms with Gasteiger partial charge in [-0.2, -0.15) is 0 Å². The number of hydrogen-bond acceptors (Lipinski definition) is 3. The molecule has 0 aliphatic carbocycles. The van der Waals surface area contributed by atoms with Crippen LogP contribution in [-0.2, 0) is 11.3 Å². The molecule has 0 atom stereocenters. The summed E-state index contributed by atoms with van der Waals surface area (Å²) in [7, 11) is 1.83. The molecule has 0 saturated carbocycles. The van der Waals surface area contributed by atoms with Gasteiger partial charge in [0.05, 0.1) is 12.2 Å². The van der Waals surface area contributed by atoms with Crippen LogP contribution < -0.4 is 5.32 Å². The van der Waals surface area contributed by atoms with E-state index in [0.29, 0.717) is 22.3 Å². The molecule has 4 nitrogen and oxygen atoms in total. The fourth-order valence-corrected chi connectivity index (χ4v) is 2.72. The molecule has 1 N–H and O–H groups in total. The van der Waals surface area contributed by atoms with Crippen molar-refractivity contribution in [3.63, 3.8) is 0 Å². The average Bonchev–Trinajstić information content (AvgIpc) is 2.39. The van der Waals surface area contributed by atoms with E-state index in [1.54, 1.807) is 24.4 Å². The third-order valence-corrected chi connectivity index (χ3v) is 3.56. The molecule has 0 aliphatic rings. The molecule has 0 spiro atoms. The summed E-state index contributed by atoms with van der Waals surface area (Å²) in [4.78, 5) is 17.8. The number of halogens is 3. The first-order chi connectivity index (χ1) is 10.4. The predicted octanol–water partition coefficient (Wildman–Crippen LogP) is 4.11. The van der Waals surface area contributed by atoms with Crippen molar-refractivity contribution in [3.8, 4) is 0 Å². The molecule has 2 rings (SSSR count). The Labute approximate surface area is 144 Å². The number of rotatable bonds is 5. The van der Waals surface area contributed by atoms with Gasteiger partial charge >= 0.3 is 0 Å². The quantitative estimate of drug-likeness (QED) is 0.818. The Morgan fingerprint density at radius 3 is 2.55 bits per heavy atom. The number of carbonyl (C=O) groups excluding carboxylic acids is 1. The Morgan fingerprint density at radius 2 is 1.91 bits per heavy atom. The summed E-state index contributed by atoms with van der Waals surface area (Å²) in [5.41, 5.74) is 1.43. The number of anilines is 1. The number of nitrogens with one attached hydrogen (secondary N) is 1. The summed E-state index contributed by atoms with van der Waals surface area (Å²) in [5, 5.41) is 4.13. The van der Waals surface area contributed by atoms with E-state index in [1.807, 2.05) is 24.1 Å². The summed E-state index contributed by atoms with van der Waals surface area (Å²) >= 11 is 17.8. The van der Waals surface area contributed by atoms with Crippen molar-refractivity contribution < 1.29 is 4.79 Å². The van der Waals surface area contributed by atoms with Crippen LogP contribution in [0.3, 0.4) is 0 Å². The number of amides is 1. The summed E-state index contributed by atoms with van der Waals surface area (Å²) in [5.74, 6) is -0.175. The summed E-state index contributed by atoms with van der Waals surface area (Å²) < 4.78 is 0. The molecule has 2 aromatic rings. The van der Waals surface area contributed by atoms with E-state index < -0.39 is 0 Å². The van der Waals surface area contributed by atoms with E-state index in [0.717, 1.165) is 5.56 Å². The van der Waals surface area contributed by atoms with E-state index in [-0.39, 0.29) is 17.6 Å². The molecule has 0 fully saturated rings. The molecule has 0 unspecified atom stereocenters. The zero-order chi connectivity index (χ0) is 16.1. The monoisotopic (exact) mass is 357 g/mol. The Balaban J connectivity index is 1.92. The maximum atomic E-state index is 12.0. The van der Waals surface area contributed by atoms with Crippen LogP contribution in [0.15, 0.2) is 36.5 Å². The fourth-order valence-electron chi connectivity index (χ4n) is 1.98. The number of benzene rings is 1. The SMILES string of the molecule is CN(CC(=O)Nc1cccnc1Cl)Cc1cc(Cl)cc(Cl)c1. The molecule has 1 amide bonds. The molecule has 22 heavy (non-hydrogen) atoms. The number of nitrogens with zero attached hydrogens (tertiary/aromatic N) is 2. The smallest absolute Gasteiger partial charge is 0.238 e. The standard InChI is InChI=1S/C15H14Cl3N3O/c1-21(8-10-5-11(16)7-12(17)6-10)9-14(22)20-13-3-2-4-19-15(13)18/h2-7H,8-9H2,1H3,(H,20,22). The average molecular weight is 359 g/mol. The first-order valence-electron chi connectivity index (χ1n) is 6.48. The molecular weight excluding hydrogens is 345 g/mol. The molecule has 1 aromatic carbocycles. The van der Waals surface area contributed by atoms with Crippen LogP contribution in [0.25, 0.3) is 0 Å². The second-order valence-corrected chi connectivity index (χ2v) is 6.07. The van der Waals surface area contributed by atoms with Crippen LogP contribution in [-0.4, -0.2) is 29.4 Å². The minimum atomic E-state index is -0.175. The highest BCUT2D eigenvalue weighted by atomic mass is 35.5. The van der Waals surface area contributed by atoms with Crippen LogP contribution in [0.4, 0.5) is 5.69 Å². The van der Waals surface area contributed by atoms with Gasteiger partial charge in [-0.05, 0) is 42.9 Å². The van der Waals surface area contributed by atoms with E-state index in [9.17, 15) is 4.79 Å². The van der Waals surface area contributed by atoms with Gasteiger partial charge < -0.3 is 5.32 Å². The lowest BCUT2D eigenvalue weighted by Gasteiger charge is -2.17. The number of aromatic nitrogens is 1. The van der Waals surface area contributed by atoms with Crippen LogP contribution in [0.2, 0.25) is 15.2 Å². The number of hydrogen-bond donors (Lipinski definition) is 1. The zero-order valence-corrected chi connectivity index (χ0v) is 14.1. The van der Waals surface area contributed by atoms with Crippen molar-refractivity contribution in [1.29, 1.82) is 0 Å². The lowest BCUT2D eigenvalue weighted by Crippen LogP contribution is -2.30. The topological polar surface area (TPSA) is 45.2 Å². The molecule has 116 valence electrons. The third-order valence-electron chi connectivity index (χ3n) is 2.82. The fraction of sp³-hybridized carbons (Fsp3) is 0.200. The molecular formula is C15H14Cl3N3O. The van der Waals surface area contributed by atoms with Crippen molar-refractivity contribution in [2.24, 2.45) is 0 Å². The zero-order valence-electron chi connectivity index (χ0n) is 11.8. The van der Waals surface area contributed by atoms with Crippen molar-refractivity contribution in [2.45, 2.75) is 6.54 Å². The van der Waals surface area contributed by atoms with E-state index in [4.69, 9.17) is 34.8 Å². The molecule has 1 heterocycles. The van der Waals surface area contributed by atoms with Crippen LogP contribution in [0.5, 0.6) is 0 Å². The van der Waals surface area contributed by atoms with Gasteiger partial charge in [0.1, 0.15) is 0 Å². The van der Waals surface area contributed by atoms with Gasteiger partial charge in [-0.15, -0.1) is 0 Å². The number of likely N-dealkylation sites (N-methyl/N-ethyl adjacent to an activating group) is 1. The van der Waals surface area contributed by atoms with Crippen molar-refractivity contribution in [2.75, 3.05) is 18.9 Å². The summed E-state index contributed by atoms with van der Waals surface area (Å²) in [6.45, 7) is 0.754. The first-order valence-corrected chi connectivity index (χ1v) is 7.61. The first kappa shape index (κ1) is 17.0. The minimum Gasteiger partial charge on any atom is -0.322 e. The second-order valence-electron chi connectivity index (χ2n) is 4.84. The van der Waals surface area contributed by atoms with E-state index >= 15 is 0 Å². The molecule has 0 radical (unpaired) electrons. The van der Waals surface area contributed by atoms with Gasteiger partial charge in [-0.1, -0.05) is 34.8 Å². The molecule has 7 heteroatoms. The predicted molar refractivity (Wildman–Crippen MR) is 90.7 cm³/mol. The van der Waals surface area contributed by atoms with Crippen molar-refractivity contribution in [1.82, 2.24) is 9.88 Å².